The largest absolute Gasteiger partial charge is 0.499 e. The molecule has 66 heavy (non-hydrogen) atoms. The molecule has 0 aromatic rings. The molecule has 380 valence electrons. The molecule has 0 radical (unpaired) electrons. The maximum atomic E-state index is 8.36. The Morgan fingerprint density at radius 2 is 0.970 bits per heavy atom. The molecule has 14 nitrogen and oxygen atoms in total. The number of hydrogen-bond donors (Lipinski definition) is 2. The van der Waals surface area contributed by atoms with Gasteiger partial charge in [-0.05, 0) is 70.8 Å². The second kappa shape index (κ2) is 41.1. The van der Waals surface area contributed by atoms with Crippen molar-refractivity contribution in [3.05, 3.63) is 101 Å². The van der Waals surface area contributed by atoms with Crippen molar-refractivity contribution in [2.75, 3.05) is 66.1 Å². The van der Waals surface area contributed by atoms with Crippen molar-refractivity contribution in [3.63, 3.8) is 0 Å². The van der Waals surface area contributed by atoms with Crippen molar-refractivity contribution >= 4 is 0 Å². The molecular weight excluding hydrogens is 849 g/mol. The lowest BCUT2D eigenvalue weighted by atomic mass is 10.1. The van der Waals surface area contributed by atoms with E-state index >= 15 is 0 Å². The van der Waals surface area contributed by atoms with Crippen LogP contribution in [0.2, 0.25) is 0 Å². The highest BCUT2D eigenvalue weighted by atomic mass is 17.1. The first kappa shape index (κ1) is 61.1. The topological polar surface area (TPSA) is 178 Å². The van der Waals surface area contributed by atoms with E-state index in [-0.39, 0.29) is 24.4 Å². The molecule has 2 N–H and O–H groups in total. The first-order valence-electron chi connectivity index (χ1n) is 23.8. The molecule has 10 unspecified atom stereocenters. The van der Waals surface area contributed by atoms with E-state index in [1.807, 2.05) is 32.1 Å². The Labute approximate surface area is 398 Å². The molecule has 0 bridgehead atoms. The van der Waals surface area contributed by atoms with E-state index in [0.717, 1.165) is 77.0 Å². The molecule has 0 saturated carbocycles. The van der Waals surface area contributed by atoms with Crippen LogP contribution in [-0.4, -0.2) is 138 Å². The summed E-state index contributed by atoms with van der Waals surface area (Å²) in [6, 6.07) is 0. The van der Waals surface area contributed by atoms with Crippen molar-refractivity contribution in [2.24, 2.45) is 0 Å². The van der Waals surface area contributed by atoms with Crippen molar-refractivity contribution in [1.82, 2.24) is 0 Å². The second-order valence-corrected chi connectivity index (χ2v) is 16.8. The summed E-state index contributed by atoms with van der Waals surface area (Å²) in [7, 11) is 0. The maximum Gasteiger partial charge on any atom is 0.116 e. The van der Waals surface area contributed by atoms with Crippen molar-refractivity contribution in [3.8, 4) is 0 Å². The van der Waals surface area contributed by atoms with Gasteiger partial charge in [0.1, 0.15) is 37.6 Å². The molecule has 0 spiro atoms. The molecule has 8 saturated heterocycles. The SMILES string of the molecule is C=C(C)C(CC1CO1)OO.C=C(C)OCC1CO1.C=CC(CC1CO1)OO.C=CC1CO1.C=CCCC1CO1.C=CCCCCC1CO1.C=CCCCCCCC1CO1.C=COCC1CO1. The van der Waals surface area contributed by atoms with Gasteiger partial charge in [0.25, 0.3) is 0 Å². The van der Waals surface area contributed by atoms with Crippen LogP contribution in [0.4, 0.5) is 0 Å². The molecule has 14 heteroatoms. The highest BCUT2D eigenvalue weighted by Crippen LogP contribution is 2.21. The van der Waals surface area contributed by atoms with E-state index in [2.05, 4.69) is 62.4 Å². The molecule has 8 fully saturated rings. The summed E-state index contributed by atoms with van der Waals surface area (Å²) in [5.74, 6) is 0.764. The van der Waals surface area contributed by atoms with E-state index in [1.165, 1.54) is 70.5 Å². The molecule has 10 atom stereocenters. The molecule has 8 aliphatic rings. The van der Waals surface area contributed by atoms with Crippen LogP contribution in [-0.2, 0) is 57.1 Å². The second-order valence-electron chi connectivity index (χ2n) is 16.8. The molecule has 0 aromatic carbocycles. The van der Waals surface area contributed by atoms with Gasteiger partial charge >= 0.3 is 0 Å². The fourth-order valence-corrected chi connectivity index (χ4v) is 5.04. The van der Waals surface area contributed by atoms with Gasteiger partial charge in [-0.1, -0.05) is 75.8 Å². The lowest BCUT2D eigenvalue weighted by Gasteiger charge is -2.10. The third-order valence-electron chi connectivity index (χ3n) is 9.96. The zero-order valence-electron chi connectivity index (χ0n) is 40.7. The normalized spacial score (nSPS) is 25.8. The Bertz CT molecular complexity index is 1240. The number of hydrogen-bond acceptors (Lipinski definition) is 14. The first-order valence-corrected chi connectivity index (χ1v) is 23.8. The molecule has 8 heterocycles. The minimum atomic E-state index is -0.266. The van der Waals surface area contributed by atoms with Crippen LogP contribution in [0.3, 0.4) is 0 Å². The standard InChI is InChI=1S/C10H18O.C8H14O.C7H12O3.C6H10O3.C6H10O2.C6H10O.C5H8O2.C4H6O/c1-2-3-4-5-6-7-8-10-9-11-10;1-2-3-4-5-6-8-7-9-8;1-5(2)7(10-8)3-6-4-9-6;1-2-5(9-7)3-6-4-8-6;1-5(2)7-3-6-4-8-6;1-2-3-4-6-5-7-6;1-2-6-3-5-4-7-5;1-2-4-3-5-4/h2,10H,1,3-9H2;2,8H,1,3-7H2;6-8H,1,3-4H2,2H3;2,5-7H,1,3-4H2;6H,1,3-4H2,2H3;2,6H,1,3-5H2;2,5H,1,3-4H2;2,4H,1,3H2. The fourth-order valence-electron chi connectivity index (χ4n) is 5.04. The summed E-state index contributed by atoms with van der Waals surface area (Å²) in [6.07, 6.45) is 30.2. The predicted octanol–water partition coefficient (Wildman–Crippen LogP) is 10.5. The van der Waals surface area contributed by atoms with Crippen LogP contribution in [0.1, 0.15) is 104 Å². The van der Waals surface area contributed by atoms with Crippen LogP contribution < -0.4 is 0 Å². The van der Waals surface area contributed by atoms with Gasteiger partial charge < -0.3 is 47.4 Å². The van der Waals surface area contributed by atoms with Gasteiger partial charge in [-0.3, -0.25) is 10.5 Å². The van der Waals surface area contributed by atoms with Gasteiger partial charge in [0.15, 0.2) is 0 Å². The number of unbranched alkanes of at least 4 members (excludes halogenated alkanes) is 6. The summed E-state index contributed by atoms with van der Waals surface area (Å²) < 4.78 is 49.3. The minimum Gasteiger partial charge on any atom is -0.499 e. The lowest BCUT2D eigenvalue weighted by Crippen LogP contribution is -2.14. The smallest absolute Gasteiger partial charge is 0.116 e. The molecule has 0 aliphatic carbocycles. The predicted molar refractivity (Wildman–Crippen MR) is 260 cm³/mol. The van der Waals surface area contributed by atoms with Crippen LogP contribution in [0.15, 0.2) is 101 Å². The lowest BCUT2D eigenvalue weighted by molar-refractivity contribution is -0.270. The van der Waals surface area contributed by atoms with Crippen LogP contribution in [0.5, 0.6) is 0 Å². The molecule has 0 amide bonds. The van der Waals surface area contributed by atoms with Gasteiger partial charge in [0.05, 0.1) is 102 Å². The highest BCUT2D eigenvalue weighted by Gasteiger charge is 2.28. The molecule has 0 aromatic heterocycles. The minimum absolute atomic E-state index is 0.257. The van der Waals surface area contributed by atoms with Gasteiger partial charge in [-0.15, -0.1) is 32.9 Å². The number of rotatable bonds is 30. The maximum absolute atomic E-state index is 8.36. The number of epoxide rings is 8. The van der Waals surface area contributed by atoms with Crippen LogP contribution >= 0.6 is 0 Å². The van der Waals surface area contributed by atoms with Gasteiger partial charge in [0, 0.05) is 12.8 Å². The van der Waals surface area contributed by atoms with Gasteiger partial charge in [0.2, 0.25) is 0 Å². The first-order chi connectivity index (χ1) is 32.0. The Kier molecular flexibility index (Phi) is 38.0. The van der Waals surface area contributed by atoms with Crippen LogP contribution in [0, 0.1) is 0 Å². The fraction of sp³-hybridized carbons (Fsp3) is 0.692. The van der Waals surface area contributed by atoms with E-state index < -0.39 is 0 Å². The summed E-state index contributed by atoms with van der Waals surface area (Å²) in [4.78, 5) is 8.24. The third kappa shape index (κ3) is 47.5. The molecular formula is C52H88O14. The Balaban J connectivity index is 0.000000380. The molecule has 8 aliphatic heterocycles. The van der Waals surface area contributed by atoms with Crippen molar-refractivity contribution in [2.45, 2.75) is 165 Å². The Hall–Kier alpha value is -2.96. The Morgan fingerprint density at radius 3 is 1.33 bits per heavy atom. The summed E-state index contributed by atoms with van der Waals surface area (Å²) in [6.45, 7) is 40.7. The van der Waals surface area contributed by atoms with E-state index in [0.29, 0.717) is 62.7 Å². The number of allylic oxidation sites excluding steroid dienone is 4. The zero-order valence-corrected chi connectivity index (χ0v) is 40.7. The quantitative estimate of drug-likeness (QED) is 0.0174. The van der Waals surface area contributed by atoms with Crippen LogP contribution in [0.25, 0.3) is 0 Å². The van der Waals surface area contributed by atoms with E-state index in [1.54, 1.807) is 12.2 Å². The average molecular weight is 937 g/mol. The van der Waals surface area contributed by atoms with Gasteiger partial charge in [-0.2, -0.15) is 0 Å². The van der Waals surface area contributed by atoms with E-state index in [4.69, 9.17) is 57.9 Å². The summed E-state index contributed by atoms with van der Waals surface area (Å²) >= 11 is 0. The Morgan fingerprint density at radius 1 is 0.530 bits per heavy atom. The zero-order chi connectivity index (χ0) is 48.6. The van der Waals surface area contributed by atoms with Crippen molar-refractivity contribution in [1.29, 1.82) is 0 Å². The van der Waals surface area contributed by atoms with E-state index in [9.17, 15) is 0 Å². The average Bonchev–Trinajstić information content (AvgIpc) is 4.15. The van der Waals surface area contributed by atoms with Crippen molar-refractivity contribution < 1.29 is 67.7 Å². The van der Waals surface area contributed by atoms with Gasteiger partial charge in [-0.25, -0.2) is 9.78 Å². The highest BCUT2D eigenvalue weighted by molar-refractivity contribution is 4.99. The monoisotopic (exact) mass is 937 g/mol. The molecule has 8 rings (SSSR count). The third-order valence-corrected chi connectivity index (χ3v) is 9.96. The number of ether oxygens (including phenoxy) is 10. The summed E-state index contributed by atoms with van der Waals surface area (Å²) in [5.41, 5.74) is 0.831. The summed E-state index contributed by atoms with van der Waals surface area (Å²) in [5, 5.41) is 16.5.